The zero-order chi connectivity index (χ0) is 21.4. The summed E-state index contributed by atoms with van der Waals surface area (Å²) in [6.07, 6.45) is 3.16. The van der Waals surface area contributed by atoms with Crippen LogP contribution in [0.5, 0.6) is 5.75 Å². The van der Waals surface area contributed by atoms with Crippen LogP contribution < -0.4 is 10.1 Å². The normalized spacial score (nSPS) is 25.9. The van der Waals surface area contributed by atoms with E-state index in [1.54, 1.807) is 49.1 Å². The smallest absolute Gasteiger partial charge is 0.257 e. The van der Waals surface area contributed by atoms with Crippen LogP contribution in [0, 0.1) is 5.92 Å². The number of hydrogen-bond donors (Lipinski definition) is 1. The third kappa shape index (κ3) is 4.28. The van der Waals surface area contributed by atoms with Gasteiger partial charge in [-0.25, -0.2) is 0 Å². The lowest BCUT2D eigenvalue weighted by molar-refractivity contribution is -0.140. The largest absolute Gasteiger partial charge is 0.490 e. The Bertz CT molecular complexity index is 851. The molecule has 8 heteroatoms. The summed E-state index contributed by atoms with van der Waals surface area (Å²) in [7, 11) is 5.24. The van der Waals surface area contributed by atoms with E-state index in [0.717, 1.165) is 19.3 Å². The van der Waals surface area contributed by atoms with Crippen LogP contribution in [0.3, 0.4) is 0 Å². The minimum atomic E-state index is -0.296. The number of nitrogens with one attached hydrogen (secondary N) is 1. The zero-order valence-electron chi connectivity index (χ0n) is 17.7. The highest BCUT2D eigenvalue weighted by Gasteiger charge is 2.39. The van der Waals surface area contributed by atoms with Gasteiger partial charge in [0.25, 0.3) is 5.91 Å². The molecule has 3 atom stereocenters. The molecule has 4 rings (SSSR count). The molecule has 8 nitrogen and oxygen atoms in total. The molecule has 0 aromatic heterocycles. The van der Waals surface area contributed by atoms with Crippen molar-refractivity contribution in [2.24, 2.45) is 5.92 Å². The molecule has 0 unspecified atom stereocenters. The molecule has 3 aliphatic rings. The van der Waals surface area contributed by atoms with E-state index in [1.165, 1.54) is 0 Å². The molecule has 1 aromatic rings. The zero-order valence-corrected chi connectivity index (χ0v) is 17.7. The molecule has 2 fully saturated rings. The van der Waals surface area contributed by atoms with Crippen LogP contribution >= 0.6 is 0 Å². The first kappa shape index (κ1) is 20.7. The highest BCUT2D eigenvalue weighted by Crippen LogP contribution is 2.34. The van der Waals surface area contributed by atoms with Gasteiger partial charge < -0.3 is 24.6 Å². The van der Waals surface area contributed by atoms with Gasteiger partial charge in [0.15, 0.2) is 0 Å². The molecule has 1 N–H and O–H groups in total. The van der Waals surface area contributed by atoms with E-state index < -0.39 is 0 Å². The molecule has 2 aliphatic heterocycles. The van der Waals surface area contributed by atoms with E-state index in [9.17, 15) is 14.4 Å². The number of carbonyl (C=O) groups excluding carboxylic acids is 3. The Balaban J connectivity index is 1.49. The second-order valence-corrected chi connectivity index (χ2v) is 8.64. The van der Waals surface area contributed by atoms with Gasteiger partial charge in [-0.05, 0) is 43.9 Å². The Morgan fingerprint density at radius 1 is 1.20 bits per heavy atom. The average molecular weight is 415 g/mol. The Hall–Kier alpha value is -2.61. The number of amides is 3. The molecule has 1 aliphatic carbocycles. The molecule has 3 amide bonds. The minimum Gasteiger partial charge on any atom is -0.490 e. The highest BCUT2D eigenvalue weighted by molar-refractivity contribution is 6.00. The van der Waals surface area contributed by atoms with Crippen molar-refractivity contribution >= 4 is 23.4 Å². The number of fused-ring (bicyclic) bond motifs is 2. The fourth-order valence-electron chi connectivity index (χ4n) is 4.07. The van der Waals surface area contributed by atoms with Crippen molar-refractivity contribution in [2.45, 2.75) is 50.4 Å². The van der Waals surface area contributed by atoms with E-state index in [2.05, 4.69) is 5.32 Å². The molecule has 1 saturated carbocycles. The van der Waals surface area contributed by atoms with Crippen molar-refractivity contribution in [3.63, 3.8) is 0 Å². The molecule has 1 saturated heterocycles. The molecule has 0 spiro atoms. The number of likely N-dealkylation sites (N-methyl/N-ethyl adjacent to an activating group) is 1. The standard InChI is InChI=1S/C22H29N3O5/c1-24(2)20(26)11-15-7-8-17-19(30-15)12-29-18-9-6-14(23-21(27)13-4-5-13)10-16(18)22(28)25(17)3/h6,9-10,13,15,17,19H,4-5,7-8,11-12H2,1-3H3,(H,23,27)/t15-,17+,19-/m0/s1. The second kappa shape index (κ2) is 8.26. The third-order valence-electron chi connectivity index (χ3n) is 6.13. The Kier molecular flexibility index (Phi) is 5.69. The fraction of sp³-hybridized carbons (Fsp3) is 0.591. The molecule has 0 radical (unpaired) electrons. The predicted molar refractivity (Wildman–Crippen MR) is 110 cm³/mol. The van der Waals surface area contributed by atoms with Crippen LogP contribution in [0.1, 0.15) is 42.5 Å². The predicted octanol–water partition coefficient (Wildman–Crippen LogP) is 1.89. The summed E-state index contributed by atoms with van der Waals surface area (Å²) >= 11 is 0. The number of carbonyl (C=O) groups is 3. The fourth-order valence-corrected chi connectivity index (χ4v) is 4.07. The summed E-state index contributed by atoms with van der Waals surface area (Å²) in [5.74, 6) is 0.440. The van der Waals surface area contributed by atoms with Crippen molar-refractivity contribution in [3.8, 4) is 5.75 Å². The quantitative estimate of drug-likeness (QED) is 0.811. The van der Waals surface area contributed by atoms with Crippen LogP contribution in [0.2, 0.25) is 0 Å². The Morgan fingerprint density at radius 2 is 1.97 bits per heavy atom. The molecule has 0 bridgehead atoms. The SMILES string of the molecule is CN(C)C(=O)C[C@@H]1CC[C@@H]2[C@H](COc3ccc(NC(=O)C4CC4)cc3C(=O)N2C)O1. The maximum atomic E-state index is 13.2. The molecule has 30 heavy (non-hydrogen) atoms. The molecular formula is C22H29N3O5. The lowest BCUT2D eigenvalue weighted by Crippen LogP contribution is -2.53. The highest BCUT2D eigenvalue weighted by atomic mass is 16.5. The number of hydrogen-bond acceptors (Lipinski definition) is 5. The van der Waals surface area contributed by atoms with Crippen molar-refractivity contribution in [3.05, 3.63) is 23.8 Å². The summed E-state index contributed by atoms with van der Waals surface area (Å²) in [6.45, 7) is 0.301. The number of nitrogens with zero attached hydrogens (tertiary/aromatic N) is 2. The van der Waals surface area contributed by atoms with Crippen LogP contribution in [-0.4, -0.2) is 73.5 Å². The van der Waals surface area contributed by atoms with E-state index in [0.29, 0.717) is 36.4 Å². The summed E-state index contributed by atoms with van der Waals surface area (Å²) in [6, 6.07) is 5.05. The molecule has 162 valence electrons. The van der Waals surface area contributed by atoms with Crippen LogP contribution in [-0.2, 0) is 14.3 Å². The van der Waals surface area contributed by atoms with Gasteiger partial charge in [-0.1, -0.05) is 0 Å². The first-order chi connectivity index (χ1) is 14.3. The maximum Gasteiger partial charge on any atom is 0.257 e. The van der Waals surface area contributed by atoms with Crippen molar-refractivity contribution in [1.29, 1.82) is 0 Å². The van der Waals surface area contributed by atoms with Gasteiger partial charge >= 0.3 is 0 Å². The first-order valence-electron chi connectivity index (χ1n) is 10.5. The van der Waals surface area contributed by atoms with Gasteiger partial charge in [-0.2, -0.15) is 0 Å². The second-order valence-electron chi connectivity index (χ2n) is 8.64. The average Bonchev–Trinajstić information content (AvgIpc) is 3.56. The monoisotopic (exact) mass is 415 g/mol. The molecule has 2 heterocycles. The first-order valence-corrected chi connectivity index (χ1v) is 10.5. The topological polar surface area (TPSA) is 88.2 Å². The van der Waals surface area contributed by atoms with Gasteiger partial charge in [0.05, 0.1) is 24.1 Å². The Morgan fingerprint density at radius 3 is 2.67 bits per heavy atom. The van der Waals surface area contributed by atoms with E-state index in [-0.39, 0.29) is 41.9 Å². The van der Waals surface area contributed by atoms with Gasteiger partial charge in [0.2, 0.25) is 11.8 Å². The van der Waals surface area contributed by atoms with Crippen molar-refractivity contribution < 1.29 is 23.9 Å². The number of benzene rings is 1. The number of anilines is 1. The molecular weight excluding hydrogens is 386 g/mol. The van der Waals surface area contributed by atoms with Crippen molar-refractivity contribution in [2.75, 3.05) is 33.1 Å². The van der Waals surface area contributed by atoms with E-state index >= 15 is 0 Å². The van der Waals surface area contributed by atoms with Gasteiger partial charge in [0, 0.05) is 32.7 Å². The van der Waals surface area contributed by atoms with E-state index in [4.69, 9.17) is 9.47 Å². The number of rotatable bonds is 4. The summed E-state index contributed by atoms with van der Waals surface area (Å²) in [5.41, 5.74) is 1.05. The van der Waals surface area contributed by atoms with Gasteiger partial charge in [0.1, 0.15) is 18.5 Å². The van der Waals surface area contributed by atoms with E-state index in [1.807, 2.05) is 0 Å². The van der Waals surface area contributed by atoms with Gasteiger partial charge in [-0.3, -0.25) is 14.4 Å². The molecule has 1 aromatic carbocycles. The van der Waals surface area contributed by atoms with Crippen LogP contribution in [0.4, 0.5) is 5.69 Å². The lowest BCUT2D eigenvalue weighted by Gasteiger charge is -2.42. The van der Waals surface area contributed by atoms with Crippen LogP contribution in [0.15, 0.2) is 18.2 Å². The summed E-state index contributed by atoms with van der Waals surface area (Å²) in [4.78, 5) is 40.6. The minimum absolute atomic E-state index is 0.00146. The maximum absolute atomic E-state index is 13.2. The van der Waals surface area contributed by atoms with Crippen LogP contribution in [0.25, 0.3) is 0 Å². The van der Waals surface area contributed by atoms with Gasteiger partial charge in [-0.15, -0.1) is 0 Å². The Labute approximate surface area is 176 Å². The third-order valence-corrected chi connectivity index (χ3v) is 6.13. The summed E-state index contributed by atoms with van der Waals surface area (Å²) < 4.78 is 12.1. The summed E-state index contributed by atoms with van der Waals surface area (Å²) in [5, 5.41) is 2.89. The number of ether oxygens (including phenoxy) is 2. The van der Waals surface area contributed by atoms with Crippen molar-refractivity contribution in [1.82, 2.24) is 9.80 Å². The lowest BCUT2D eigenvalue weighted by atomic mass is 9.94.